The molecule has 0 saturated carbocycles. The fourth-order valence-corrected chi connectivity index (χ4v) is 3.50. The van der Waals surface area contributed by atoms with E-state index in [2.05, 4.69) is 92.5 Å². The first-order valence-corrected chi connectivity index (χ1v) is 11.3. The molecule has 1 radical (unpaired) electrons. The molecule has 0 spiro atoms. The number of hydrogen-bond donors (Lipinski definition) is 0. The van der Waals surface area contributed by atoms with Crippen molar-refractivity contribution in [1.82, 2.24) is 45.6 Å². The van der Waals surface area contributed by atoms with Gasteiger partial charge in [-0.15, -0.1) is 5.10 Å². The fourth-order valence-electron chi connectivity index (χ4n) is 3.50. The summed E-state index contributed by atoms with van der Waals surface area (Å²) in [6, 6.07) is 19.9. The molecule has 205 valence electrons. The van der Waals surface area contributed by atoms with Crippen LogP contribution in [0.3, 0.4) is 0 Å². The van der Waals surface area contributed by atoms with Crippen molar-refractivity contribution < 1.29 is 34.8 Å². The maximum absolute atomic E-state index is 7.75. The molecule has 0 aliphatic heterocycles. The summed E-state index contributed by atoms with van der Waals surface area (Å²) >= 11 is 0. The van der Waals surface area contributed by atoms with Crippen molar-refractivity contribution >= 4 is 42.2 Å². The van der Waals surface area contributed by atoms with E-state index in [0.717, 1.165) is 51.6 Å². The Morgan fingerprint density at radius 1 is 0.750 bits per heavy atom. The SMILES string of the molecule is CCCn1cc(-c2ccc(-c3nn[n-]n3)cc2)nn1.[CH-]=O.[CH-]=O.[CH-]=O.[Re].c1cnc2c(c1)ccc1cccnc12. The Bertz CT molecular complexity index is 1490. The molecule has 6 rings (SSSR count). The van der Waals surface area contributed by atoms with Gasteiger partial charge in [-0.05, 0) is 24.1 Å². The summed E-state index contributed by atoms with van der Waals surface area (Å²) in [5, 5.41) is 25.1. The zero-order valence-corrected chi connectivity index (χ0v) is 24.0. The molecule has 0 unspecified atom stereocenters. The van der Waals surface area contributed by atoms with Crippen LogP contribution in [0.2, 0.25) is 0 Å². The zero-order valence-electron chi connectivity index (χ0n) is 21.3. The number of benzene rings is 2. The van der Waals surface area contributed by atoms with Crippen LogP contribution in [0.4, 0.5) is 0 Å². The van der Waals surface area contributed by atoms with Crippen LogP contribution in [0.1, 0.15) is 13.3 Å². The van der Waals surface area contributed by atoms with Crippen LogP contribution < -0.4 is 5.21 Å². The minimum Gasteiger partial charge on any atom is -0.545 e. The van der Waals surface area contributed by atoms with Crippen LogP contribution >= 0.6 is 0 Å². The predicted octanol–water partition coefficient (Wildman–Crippen LogP) is 3.12. The van der Waals surface area contributed by atoms with E-state index in [1.165, 1.54) is 0 Å². The molecule has 0 aliphatic rings. The molecule has 12 nitrogen and oxygen atoms in total. The van der Waals surface area contributed by atoms with Gasteiger partial charge in [0.2, 0.25) is 0 Å². The molecule has 0 aliphatic carbocycles. The van der Waals surface area contributed by atoms with Crippen molar-refractivity contribution in [1.29, 1.82) is 0 Å². The molecule has 13 heteroatoms. The van der Waals surface area contributed by atoms with Gasteiger partial charge in [0.15, 0.2) is 0 Å². The third-order valence-electron chi connectivity index (χ3n) is 5.09. The fraction of sp³-hybridized carbons (Fsp3) is 0.111. The Morgan fingerprint density at radius 2 is 1.30 bits per heavy atom. The van der Waals surface area contributed by atoms with Gasteiger partial charge in [0.1, 0.15) is 5.69 Å². The van der Waals surface area contributed by atoms with Crippen molar-refractivity contribution in [3.8, 4) is 22.6 Å². The van der Waals surface area contributed by atoms with Crippen LogP contribution in [-0.2, 0) is 41.4 Å². The molecule has 0 N–H and O–H groups in total. The Morgan fingerprint density at radius 3 is 1.80 bits per heavy atom. The number of aryl methyl sites for hydroxylation is 1. The monoisotopic (exact) mass is 708 g/mol. The molecule has 0 atom stereocenters. The second kappa shape index (κ2) is 18.4. The predicted molar refractivity (Wildman–Crippen MR) is 145 cm³/mol. The molecule has 2 aromatic carbocycles. The number of hydrogen-bond acceptors (Lipinski definition) is 10. The Balaban J connectivity index is 0.000000339. The number of tetrazole rings is 1. The quantitative estimate of drug-likeness (QED) is 0.151. The minimum absolute atomic E-state index is 0. The summed E-state index contributed by atoms with van der Waals surface area (Å²) in [6.07, 6.45) is 6.59. The van der Waals surface area contributed by atoms with Gasteiger partial charge in [0.05, 0.1) is 23.1 Å². The smallest absolute Gasteiger partial charge is 0.113 e. The second-order valence-electron chi connectivity index (χ2n) is 7.36. The van der Waals surface area contributed by atoms with Crippen molar-refractivity contribution in [3.63, 3.8) is 0 Å². The van der Waals surface area contributed by atoms with E-state index >= 15 is 0 Å². The molecule has 6 aromatic rings. The van der Waals surface area contributed by atoms with E-state index in [1.807, 2.05) is 47.3 Å². The van der Waals surface area contributed by atoms with Gasteiger partial charge in [-0.2, -0.15) is 0 Å². The van der Waals surface area contributed by atoms with E-state index in [-0.39, 0.29) is 20.4 Å². The van der Waals surface area contributed by atoms with Gasteiger partial charge in [-0.3, -0.25) is 45.4 Å². The number of rotatable bonds is 4. The van der Waals surface area contributed by atoms with E-state index in [0.29, 0.717) is 5.82 Å². The number of aromatic nitrogens is 9. The first-order valence-electron chi connectivity index (χ1n) is 11.3. The first kappa shape index (κ1) is 33.2. The largest absolute Gasteiger partial charge is 0.545 e. The summed E-state index contributed by atoms with van der Waals surface area (Å²) in [5.41, 5.74) is 4.71. The average molecular weight is 708 g/mol. The first-order chi connectivity index (χ1) is 19.3. The van der Waals surface area contributed by atoms with Crippen molar-refractivity contribution in [2.75, 3.05) is 0 Å². The van der Waals surface area contributed by atoms with Crippen LogP contribution in [0, 0.1) is 0 Å². The van der Waals surface area contributed by atoms with Gasteiger partial charge in [0, 0.05) is 55.7 Å². The van der Waals surface area contributed by atoms with Crippen molar-refractivity contribution in [2.24, 2.45) is 0 Å². The molecule has 4 aromatic heterocycles. The van der Waals surface area contributed by atoms with Crippen LogP contribution in [0.15, 0.2) is 79.3 Å². The van der Waals surface area contributed by atoms with Crippen molar-refractivity contribution in [2.45, 2.75) is 19.9 Å². The molecule has 40 heavy (non-hydrogen) atoms. The normalized spacial score (nSPS) is 9.22. The number of fused-ring (bicyclic) bond motifs is 3. The summed E-state index contributed by atoms with van der Waals surface area (Å²) in [4.78, 5) is 31.9. The summed E-state index contributed by atoms with van der Waals surface area (Å²) in [6.45, 7) is 12.7. The van der Waals surface area contributed by atoms with E-state index in [4.69, 9.17) is 14.4 Å². The van der Waals surface area contributed by atoms with Crippen molar-refractivity contribution in [3.05, 3.63) is 79.3 Å². The third-order valence-corrected chi connectivity index (χ3v) is 5.09. The van der Waals surface area contributed by atoms with Gasteiger partial charge >= 0.3 is 0 Å². The van der Waals surface area contributed by atoms with Crippen LogP contribution in [0.5, 0.6) is 0 Å². The maximum atomic E-state index is 7.75. The topological polar surface area (TPSA) is 160 Å². The Kier molecular flexibility index (Phi) is 15.3. The van der Waals surface area contributed by atoms with Gasteiger partial charge in [0.25, 0.3) is 0 Å². The second-order valence-corrected chi connectivity index (χ2v) is 7.36. The van der Waals surface area contributed by atoms with E-state index in [9.17, 15) is 0 Å². The number of nitrogens with zero attached hydrogens (tertiary/aromatic N) is 9. The van der Waals surface area contributed by atoms with E-state index < -0.39 is 0 Å². The summed E-state index contributed by atoms with van der Waals surface area (Å²) in [5.74, 6) is 0.529. The molecule has 0 amide bonds. The average Bonchev–Trinajstić information content (AvgIpc) is 3.74. The molecular weight excluding hydrogens is 685 g/mol. The van der Waals surface area contributed by atoms with Gasteiger partial charge in [-0.25, -0.2) is 5.10 Å². The summed E-state index contributed by atoms with van der Waals surface area (Å²) in [7, 11) is 0. The minimum atomic E-state index is 0. The third kappa shape index (κ3) is 8.59. The Labute approximate surface area is 243 Å². The Hall–Kier alpha value is -4.86. The molecule has 0 saturated heterocycles. The van der Waals surface area contributed by atoms with Crippen LogP contribution in [0.25, 0.3) is 44.5 Å². The number of pyridine rings is 2. The summed E-state index contributed by atoms with van der Waals surface area (Å²) < 4.78 is 1.84. The van der Waals surface area contributed by atoms with Gasteiger partial charge < -0.3 is 19.5 Å². The molecule has 0 fully saturated rings. The number of carbonyl (C=O) groups excluding carboxylic acids is 3. The van der Waals surface area contributed by atoms with E-state index in [1.54, 1.807) is 12.4 Å². The zero-order chi connectivity index (χ0) is 28.5. The van der Waals surface area contributed by atoms with Crippen LogP contribution in [-0.4, -0.2) is 60.7 Å². The van der Waals surface area contributed by atoms with Gasteiger partial charge in [-0.1, -0.05) is 60.7 Å². The molecule has 0 bridgehead atoms. The molecule has 4 heterocycles. The molecular formula is C27H23N9O3Re-4. The maximum Gasteiger partial charge on any atom is 0.113 e. The standard InChI is InChI=1S/C12H12N7.C12H8N2.3CHO.Re/c1-2-7-19-8-11(13-18-19)9-3-5-10(6-4-9)12-14-16-17-15-12;1-3-9-5-6-10-4-2-8-14-12(10)11(9)13-7-1;3*1-2;/h3-6,8H,2,7H2,1H3;1-8H;3*1H;/q-1;;3*-1;.